The zero-order valence-corrected chi connectivity index (χ0v) is 21.2. The molecule has 1 aliphatic carbocycles. The van der Waals surface area contributed by atoms with Gasteiger partial charge in [-0.1, -0.05) is 31.4 Å². The van der Waals surface area contributed by atoms with E-state index in [0.717, 1.165) is 13.1 Å². The molecule has 0 amide bonds. The summed E-state index contributed by atoms with van der Waals surface area (Å²) in [6.45, 7) is 12.3. The van der Waals surface area contributed by atoms with Crippen LogP contribution in [0, 0.1) is 19.8 Å². The van der Waals surface area contributed by atoms with Crippen LogP contribution >= 0.6 is 0 Å². The van der Waals surface area contributed by atoms with Gasteiger partial charge in [-0.05, 0) is 93.0 Å². The monoisotopic (exact) mass is 452 g/mol. The van der Waals surface area contributed by atoms with E-state index in [2.05, 4.69) is 73.9 Å². The van der Waals surface area contributed by atoms with Gasteiger partial charge in [0.1, 0.15) is 0 Å². The van der Waals surface area contributed by atoms with E-state index in [4.69, 9.17) is 0 Å². The Balaban J connectivity index is 2.01. The fraction of sp³-hybridized carbons (Fsp3) is 0.586. The third-order valence-corrected chi connectivity index (χ3v) is 7.53. The zero-order valence-electron chi connectivity index (χ0n) is 21.2. The molecule has 1 fully saturated rings. The molecule has 2 aromatic rings. The first-order valence-corrected chi connectivity index (χ1v) is 13.0. The summed E-state index contributed by atoms with van der Waals surface area (Å²) in [4.78, 5) is 4.49. The number of likely N-dealkylation sites (N-methyl/N-ethyl adjacent to an activating group) is 2. The lowest BCUT2D eigenvalue weighted by Crippen LogP contribution is -2.27. The molecule has 0 heterocycles. The summed E-state index contributed by atoms with van der Waals surface area (Å²) in [6, 6.07) is 13.8. The van der Waals surface area contributed by atoms with Gasteiger partial charge in [-0.15, -0.1) is 0 Å². The number of anilines is 2. The molecule has 0 aromatic heterocycles. The average Bonchev–Trinajstić information content (AvgIpc) is 2.83. The molecule has 0 saturated heterocycles. The average molecular weight is 453 g/mol. The van der Waals surface area contributed by atoms with E-state index in [9.17, 15) is 10.2 Å². The molecule has 0 radical (unpaired) electrons. The van der Waals surface area contributed by atoms with Crippen LogP contribution in [-0.2, 0) is 0 Å². The minimum atomic E-state index is 0.177. The van der Waals surface area contributed by atoms with Crippen LogP contribution in [0.5, 0.6) is 0 Å². The molecule has 33 heavy (non-hydrogen) atoms. The quantitative estimate of drug-likeness (QED) is 0.462. The van der Waals surface area contributed by atoms with Crippen molar-refractivity contribution in [1.82, 2.24) is 0 Å². The van der Waals surface area contributed by atoms with Crippen LogP contribution in [0.25, 0.3) is 0 Å². The minimum Gasteiger partial charge on any atom is -0.395 e. The van der Waals surface area contributed by atoms with Crippen LogP contribution in [0.1, 0.15) is 74.1 Å². The smallest absolute Gasteiger partial charge is 0.0606 e. The van der Waals surface area contributed by atoms with Crippen LogP contribution in [0.2, 0.25) is 0 Å². The van der Waals surface area contributed by atoms with E-state index in [1.807, 2.05) is 0 Å². The third kappa shape index (κ3) is 6.10. The van der Waals surface area contributed by atoms with Crippen LogP contribution in [-0.4, -0.2) is 49.6 Å². The van der Waals surface area contributed by atoms with Crippen molar-refractivity contribution in [3.8, 4) is 0 Å². The molecule has 0 bridgehead atoms. The molecular formula is C29H44N2O2. The lowest BCUT2D eigenvalue weighted by Gasteiger charge is -2.34. The maximum absolute atomic E-state index is 9.44. The van der Waals surface area contributed by atoms with Crippen molar-refractivity contribution >= 4 is 11.4 Å². The van der Waals surface area contributed by atoms with Gasteiger partial charge in [0.05, 0.1) is 13.2 Å². The molecule has 3 rings (SSSR count). The Morgan fingerprint density at radius 2 is 1.21 bits per heavy atom. The van der Waals surface area contributed by atoms with Gasteiger partial charge in [0, 0.05) is 43.5 Å². The molecular weight excluding hydrogens is 408 g/mol. The van der Waals surface area contributed by atoms with Crippen LogP contribution < -0.4 is 9.80 Å². The molecule has 0 unspecified atom stereocenters. The summed E-state index contributed by atoms with van der Waals surface area (Å²) >= 11 is 0. The second-order valence-electron chi connectivity index (χ2n) is 9.56. The summed E-state index contributed by atoms with van der Waals surface area (Å²) in [5.41, 5.74) is 7.99. The van der Waals surface area contributed by atoms with Crippen LogP contribution in [0.15, 0.2) is 36.4 Å². The van der Waals surface area contributed by atoms with Gasteiger partial charge in [0.2, 0.25) is 0 Å². The summed E-state index contributed by atoms with van der Waals surface area (Å²) in [6.07, 6.45) is 6.61. The van der Waals surface area contributed by atoms with Gasteiger partial charge in [0.25, 0.3) is 0 Å². The van der Waals surface area contributed by atoms with Gasteiger partial charge in [0.15, 0.2) is 0 Å². The normalized spacial score (nSPS) is 14.6. The van der Waals surface area contributed by atoms with Crippen molar-refractivity contribution in [1.29, 1.82) is 0 Å². The van der Waals surface area contributed by atoms with Crippen LogP contribution in [0.4, 0.5) is 11.4 Å². The highest BCUT2D eigenvalue weighted by Crippen LogP contribution is 2.43. The standard InChI is InChI=1S/C29H44N2O2/c1-5-30(16-18-32)25-12-14-27(22(3)20-25)29(24-10-8-7-9-11-24)28-15-13-26(21-23(28)4)31(6-2)17-19-33/h12-15,20-21,24,29,32-33H,5-11,16-19H2,1-4H3. The lowest BCUT2D eigenvalue weighted by molar-refractivity contribution is 0.302. The number of hydrogen-bond acceptors (Lipinski definition) is 4. The topological polar surface area (TPSA) is 46.9 Å². The third-order valence-electron chi connectivity index (χ3n) is 7.53. The molecule has 2 N–H and O–H groups in total. The summed E-state index contributed by atoms with van der Waals surface area (Å²) in [5, 5.41) is 18.9. The number of nitrogens with zero attached hydrogens (tertiary/aromatic N) is 2. The van der Waals surface area contributed by atoms with E-state index in [1.165, 1.54) is 65.7 Å². The highest BCUT2D eigenvalue weighted by molar-refractivity contribution is 5.56. The fourth-order valence-electron chi connectivity index (χ4n) is 5.73. The van der Waals surface area contributed by atoms with Crippen molar-refractivity contribution in [2.45, 2.75) is 65.7 Å². The van der Waals surface area contributed by atoms with Crippen LogP contribution in [0.3, 0.4) is 0 Å². The van der Waals surface area contributed by atoms with Crippen molar-refractivity contribution < 1.29 is 10.2 Å². The SMILES string of the molecule is CCN(CCO)c1ccc(C(c2ccc(N(CC)CCO)cc2C)C2CCCCC2)c(C)c1. The zero-order chi connectivity index (χ0) is 23.8. The Hall–Kier alpha value is -2.04. The van der Waals surface area contributed by atoms with E-state index in [0.29, 0.717) is 24.9 Å². The van der Waals surface area contributed by atoms with Gasteiger partial charge < -0.3 is 20.0 Å². The molecule has 182 valence electrons. The molecule has 0 spiro atoms. The van der Waals surface area contributed by atoms with Crippen molar-refractivity contribution in [3.05, 3.63) is 58.7 Å². The first kappa shape index (κ1) is 25.6. The summed E-state index contributed by atoms with van der Waals surface area (Å²) in [7, 11) is 0. The fourth-order valence-corrected chi connectivity index (χ4v) is 5.73. The molecule has 0 atom stereocenters. The van der Waals surface area contributed by atoms with E-state index < -0.39 is 0 Å². The largest absolute Gasteiger partial charge is 0.395 e. The maximum atomic E-state index is 9.44. The second kappa shape index (κ2) is 12.4. The number of aliphatic hydroxyl groups excluding tert-OH is 2. The Labute approximate surface area is 201 Å². The van der Waals surface area contributed by atoms with Gasteiger partial charge in [-0.3, -0.25) is 0 Å². The van der Waals surface area contributed by atoms with Gasteiger partial charge in [-0.2, -0.15) is 0 Å². The van der Waals surface area contributed by atoms with Crippen molar-refractivity contribution in [2.75, 3.05) is 49.2 Å². The summed E-state index contributed by atoms with van der Waals surface area (Å²) < 4.78 is 0. The lowest BCUT2D eigenvalue weighted by atomic mass is 9.71. The number of aliphatic hydroxyl groups is 2. The number of benzene rings is 2. The van der Waals surface area contributed by atoms with E-state index in [-0.39, 0.29) is 13.2 Å². The number of hydrogen-bond donors (Lipinski definition) is 2. The Morgan fingerprint density at radius 1 is 0.758 bits per heavy atom. The molecule has 1 aliphatic rings. The maximum Gasteiger partial charge on any atom is 0.0606 e. The Morgan fingerprint density at radius 3 is 1.58 bits per heavy atom. The molecule has 4 nitrogen and oxygen atoms in total. The predicted molar refractivity (Wildman–Crippen MR) is 141 cm³/mol. The molecule has 4 heteroatoms. The minimum absolute atomic E-state index is 0.177. The summed E-state index contributed by atoms with van der Waals surface area (Å²) in [5.74, 6) is 1.08. The van der Waals surface area contributed by atoms with E-state index in [1.54, 1.807) is 0 Å². The van der Waals surface area contributed by atoms with E-state index >= 15 is 0 Å². The van der Waals surface area contributed by atoms with Crippen molar-refractivity contribution in [3.63, 3.8) is 0 Å². The Bertz CT molecular complexity index is 812. The molecule has 1 saturated carbocycles. The first-order chi connectivity index (χ1) is 16.0. The molecule has 2 aromatic carbocycles. The predicted octanol–water partition coefficient (Wildman–Crippen LogP) is 5.65. The van der Waals surface area contributed by atoms with Gasteiger partial charge >= 0.3 is 0 Å². The number of aryl methyl sites for hydroxylation is 2. The second-order valence-corrected chi connectivity index (χ2v) is 9.56. The highest BCUT2D eigenvalue weighted by Gasteiger charge is 2.29. The molecule has 0 aliphatic heterocycles. The highest BCUT2D eigenvalue weighted by atomic mass is 16.3. The van der Waals surface area contributed by atoms with Crippen molar-refractivity contribution in [2.24, 2.45) is 5.92 Å². The Kier molecular flexibility index (Phi) is 9.64. The first-order valence-electron chi connectivity index (χ1n) is 13.0. The number of rotatable bonds is 11. The van der Waals surface area contributed by atoms with Gasteiger partial charge in [-0.25, -0.2) is 0 Å².